The maximum atomic E-state index is 8.86. The Bertz CT molecular complexity index is 291. The fourth-order valence-electron chi connectivity index (χ4n) is 1.28. The van der Waals surface area contributed by atoms with Crippen molar-refractivity contribution in [1.82, 2.24) is 4.98 Å². The summed E-state index contributed by atoms with van der Waals surface area (Å²) in [6, 6.07) is 3.64. The summed E-state index contributed by atoms with van der Waals surface area (Å²) in [6.07, 6.45) is 2.27. The van der Waals surface area contributed by atoms with Gasteiger partial charge in [0.15, 0.2) is 0 Å². The van der Waals surface area contributed by atoms with Gasteiger partial charge in [0.25, 0.3) is 0 Å². The van der Waals surface area contributed by atoms with Gasteiger partial charge in [0.1, 0.15) is 5.15 Å². The lowest BCUT2D eigenvalue weighted by Gasteiger charge is -2.17. The lowest BCUT2D eigenvalue weighted by molar-refractivity contribution is 0.170. The maximum absolute atomic E-state index is 8.86. The second kappa shape index (κ2) is 6.61. The first-order chi connectivity index (χ1) is 7.26. The number of aliphatic hydroxyl groups excluding tert-OH is 1. The Morgan fingerprint density at radius 3 is 3.07 bits per heavy atom. The molecule has 84 valence electrons. The van der Waals surface area contributed by atoms with Gasteiger partial charge in [-0.05, 0) is 18.6 Å². The number of pyridine rings is 1. The van der Waals surface area contributed by atoms with Crippen LogP contribution in [0, 0.1) is 0 Å². The Morgan fingerprint density at radius 2 is 2.47 bits per heavy atom. The Hall–Kier alpha value is -0.840. The van der Waals surface area contributed by atoms with E-state index in [1.807, 2.05) is 6.07 Å². The van der Waals surface area contributed by atoms with Crippen molar-refractivity contribution in [2.24, 2.45) is 0 Å². The smallest absolute Gasteiger partial charge is 0.131 e. The first kappa shape index (κ1) is 12.2. The number of hydrogen-bond donors (Lipinski definition) is 2. The molecule has 2 N–H and O–H groups in total. The van der Waals surface area contributed by atoms with Crippen molar-refractivity contribution in [2.45, 2.75) is 12.5 Å². The first-order valence-corrected chi connectivity index (χ1v) is 5.12. The lowest BCUT2D eigenvalue weighted by Crippen LogP contribution is -2.26. The van der Waals surface area contributed by atoms with E-state index in [0.717, 1.165) is 5.69 Å². The summed E-state index contributed by atoms with van der Waals surface area (Å²) < 4.78 is 5.04. The zero-order valence-electron chi connectivity index (χ0n) is 8.61. The van der Waals surface area contributed by atoms with Gasteiger partial charge in [-0.3, -0.25) is 0 Å². The molecule has 0 aliphatic heterocycles. The van der Waals surface area contributed by atoms with E-state index in [1.54, 1.807) is 19.4 Å². The van der Waals surface area contributed by atoms with Crippen LogP contribution >= 0.6 is 11.6 Å². The Morgan fingerprint density at radius 1 is 1.67 bits per heavy atom. The van der Waals surface area contributed by atoms with E-state index in [0.29, 0.717) is 18.2 Å². The second-order valence-corrected chi connectivity index (χ2v) is 3.56. The summed E-state index contributed by atoms with van der Waals surface area (Å²) >= 11 is 5.75. The maximum Gasteiger partial charge on any atom is 0.131 e. The molecule has 15 heavy (non-hydrogen) atoms. The molecule has 0 saturated carbocycles. The number of ether oxygens (including phenoxy) is 1. The number of nitrogens with one attached hydrogen (secondary N) is 1. The molecular formula is C10H15ClN2O2. The SMILES string of the molecule is COCC(CCO)Nc1ccnc(Cl)c1. The summed E-state index contributed by atoms with van der Waals surface area (Å²) in [5.74, 6) is 0. The lowest BCUT2D eigenvalue weighted by atomic mass is 10.2. The van der Waals surface area contributed by atoms with Crippen molar-refractivity contribution < 1.29 is 9.84 Å². The molecular weight excluding hydrogens is 216 g/mol. The zero-order chi connectivity index (χ0) is 11.1. The average molecular weight is 231 g/mol. The summed E-state index contributed by atoms with van der Waals surface area (Å²) in [5, 5.41) is 12.5. The Balaban J connectivity index is 2.56. The van der Waals surface area contributed by atoms with Gasteiger partial charge in [0.05, 0.1) is 12.6 Å². The number of anilines is 1. The molecule has 0 saturated heterocycles. The fourth-order valence-corrected chi connectivity index (χ4v) is 1.46. The standard InChI is InChI=1S/C10H15ClN2O2/c1-15-7-9(3-5-14)13-8-2-4-12-10(11)6-8/h2,4,6,9,14H,3,5,7H2,1H3,(H,12,13). The molecule has 1 heterocycles. The minimum absolute atomic E-state index is 0.0819. The normalized spacial score (nSPS) is 12.5. The van der Waals surface area contributed by atoms with E-state index >= 15 is 0 Å². The summed E-state index contributed by atoms with van der Waals surface area (Å²) in [6.45, 7) is 0.667. The van der Waals surface area contributed by atoms with Gasteiger partial charge in [0, 0.05) is 25.6 Å². The van der Waals surface area contributed by atoms with Crippen molar-refractivity contribution in [3.05, 3.63) is 23.5 Å². The highest BCUT2D eigenvalue weighted by Crippen LogP contribution is 2.13. The molecule has 4 nitrogen and oxygen atoms in total. The van der Waals surface area contributed by atoms with Crippen molar-refractivity contribution >= 4 is 17.3 Å². The predicted molar refractivity (Wildman–Crippen MR) is 60.2 cm³/mol. The van der Waals surface area contributed by atoms with Gasteiger partial charge in [-0.1, -0.05) is 11.6 Å². The summed E-state index contributed by atoms with van der Waals surface area (Å²) in [5.41, 5.74) is 0.880. The van der Waals surface area contributed by atoms with Crippen LogP contribution in [-0.2, 0) is 4.74 Å². The van der Waals surface area contributed by atoms with Crippen LogP contribution in [0.4, 0.5) is 5.69 Å². The minimum atomic E-state index is 0.0819. The molecule has 5 heteroatoms. The highest BCUT2D eigenvalue weighted by atomic mass is 35.5. The van der Waals surface area contributed by atoms with Crippen LogP contribution in [0.5, 0.6) is 0 Å². The molecule has 0 aliphatic rings. The van der Waals surface area contributed by atoms with Gasteiger partial charge in [0.2, 0.25) is 0 Å². The molecule has 0 bridgehead atoms. The zero-order valence-corrected chi connectivity index (χ0v) is 9.37. The molecule has 1 unspecified atom stereocenters. The third kappa shape index (κ3) is 4.46. The molecule has 1 atom stereocenters. The van der Waals surface area contributed by atoms with Crippen LogP contribution in [0.15, 0.2) is 18.3 Å². The molecule has 0 aliphatic carbocycles. The highest BCUT2D eigenvalue weighted by molar-refractivity contribution is 6.29. The van der Waals surface area contributed by atoms with E-state index in [9.17, 15) is 0 Å². The monoisotopic (exact) mass is 230 g/mol. The van der Waals surface area contributed by atoms with Crippen LogP contribution in [-0.4, -0.2) is 36.5 Å². The van der Waals surface area contributed by atoms with Crippen LogP contribution in [0.3, 0.4) is 0 Å². The van der Waals surface area contributed by atoms with Crippen molar-refractivity contribution in [2.75, 3.05) is 25.6 Å². The van der Waals surface area contributed by atoms with Crippen LogP contribution in [0.1, 0.15) is 6.42 Å². The number of aromatic nitrogens is 1. The molecule has 1 rings (SSSR count). The molecule has 1 aromatic heterocycles. The number of nitrogens with zero attached hydrogens (tertiary/aromatic N) is 1. The second-order valence-electron chi connectivity index (χ2n) is 3.18. The van der Waals surface area contributed by atoms with Crippen LogP contribution in [0.25, 0.3) is 0 Å². The average Bonchev–Trinajstić information content (AvgIpc) is 2.18. The van der Waals surface area contributed by atoms with Gasteiger partial charge >= 0.3 is 0 Å². The van der Waals surface area contributed by atoms with E-state index in [-0.39, 0.29) is 12.6 Å². The molecule has 0 amide bonds. The summed E-state index contributed by atoms with van der Waals surface area (Å²) in [4.78, 5) is 3.88. The van der Waals surface area contributed by atoms with Crippen molar-refractivity contribution in [3.8, 4) is 0 Å². The topological polar surface area (TPSA) is 54.4 Å². The quantitative estimate of drug-likeness (QED) is 0.728. The van der Waals surface area contributed by atoms with Crippen LogP contribution < -0.4 is 5.32 Å². The molecule has 0 fully saturated rings. The number of rotatable bonds is 6. The van der Waals surface area contributed by atoms with Crippen molar-refractivity contribution in [1.29, 1.82) is 0 Å². The van der Waals surface area contributed by atoms with E-state index < -0.39 is 0 Å². The van der Waals surface area contributed by atoms with Gasteiger partial charge in [-0.2, -0.15) is 0 Å². The Labute approximate surface area is 94.2 Å². The highest BCUT2D eigenvalue weighted by Gasteiger charge is 2.07. The van der Waals surface area contributed by atoms with Crippen molar-refractivity contribution in [3.63, 3.8) is 0 Å². The summed E-state index contributed by atoms with van der Waals surface area (Å²) in [7, 11) is 1.63. The predicted octanol–water partition coefficient (Wildman–Crippen LogP) is 1.54. The number of methoxy groups -OCH3 is 1. The third-order valence-corrected chi connectivity index (χ3v) is 2.15. The van der Waals surface area contributed by atoms with E-state index in [1.165, 1.54) is 0 Å². The molecule has 0 radical (unpaired) electrons. The van der Waals surface area contributed by atoms with E-state index in [2.05, 4.69) is 10.3 Å². The van der Waals surface area contributed by atoms with Gasteiger partial charge in [-0.15, -0.1) is 0 Å². The fraction of sp³-hybridized carbons (Fsp3) is 0.500. The number of hydrogen-bond acceptors (Lipinski definition) is 4. The van der Waals surface area contributed by atoms with Crippen LogP contribution in [0.2, 0.25) is 5.15 Å². The van der Waals surface area contributed by atoms with E-state index in [4.69, 9.17) is 21.4 Å². The molecule has 1 aromatic rings. The number of aliphatic hydroxyl groups is 1. The Kier molecular flexibility index (Phi) is 5.39. The molecule has 0 aromatic carbocycles. The minimum Gasteiger partial charge on any atom is -0.396 e. The largest absolute Gasteiger partial charge is 0.396 e. The number of halogens is 1. The third-order valence-electron chi connectivity index (χ3n) is 1.94. The molecule has 0 spiro atoms. The first-order valence-electron chi connectivity index (χ1n) is 4.74. The van der Waals surface area contributed by atoms with Gasteiger partial charge < -0.3 is 15.2 Å². The van der Waals surface area contributed by atoms with Gasteiger partial charge in [-0.25, -0.2) is 4.98 Å².